The monoisotopic (exact) mass is 244 g/mol. The van der Waals surface area contributed by atoms with Gasteiger partial charge in [-0.2, -0.15) is 13.2 Å². The molecule has 2 unspecified atom stereocenters. The summed E-state index contributed by atoms with van der Waals surface area (Å²) in [6, 6.07) is 0. The lowest BCUT2D eigenvalue weighted by molar-refractivity contribution is -0.257. The van der Waals surface area contributed by atoms with E-state index in [1.165, 1.54) is 0 Å². The van der Waals surface area contributed by atoms with E-state index >= 15 is 0 Å². The van der Waals surface area contributed by atoms with Crippen molar-refractivity contribution in [2.24, 2.45) is 0 Å². The van der Waals surface area contributed by atoms with Gasteiger partial charge in [-0.05, 0) is 0 Å². The number of carbonyl (C=O) groups is 3. The Hall–Kier alpha value is -1.68. The van der Waals surface area contributed by atoms with E-state index < -0.39 is 36.0 Å². The highest BCUT2D eigenvalue weighted by Gasteiger charge is 2.62. The van der Waals surface area contributed by atoms with Gasteiger partial charge in [0.05, 0.1) is 0 Å². The number of esters is 3. The summed E-state index contributed by atoms with van der Waals surface area (Å²) < 4.78 is 42.0. The number of halogens is 3. The Bertz CT molecular complexity index is 362. The van der Waals surface area contributed by atoms with Crippen LogP contribution >= 0.6 is 0 Å². The fourth-order valence-electron chi connectivity index (χ4n) is 0.788. The van der Waals surface area contributed by atoms with Crippen molar-refractivity contribution in [3.8, 4) is 0 Å². The molecule has 16 heavy (non-hydrogen) atoms. The topological polar surface area (TPSA) is 110 Å². The number of hydrogen-bond donors (Lipinski definition) is 2. The summed E-state index contributed by atoms with van der Waals surface area (Å²) in [5.74, 6) is -10.3. The van der Waals surface area contributed by atoms with Gasteiger partial charge in [0.25, 0.3) is 0 Å². The van der Waals surface area contributed by atoms with Crippen molar-refractivity contribution in [1.82, 2.24) is 0 Å². The molecule has 90 valence electrons. The molecule has 1 fully saturated rings. The fourth-order valence-corrected chi connectivity index (χ4v) is 0.788. The van der Waals surface area contributed by atoms with Gasteiger partial charge in [0.2, 0.25) is 6.10 Å². The second kappa shape index (κ2) is 3.42. The lowest BCUT2D eigenvalue weighted by Crippen LogP contribution is -2.51. The molecular weight excluding hydrogens is 241 g/mol. The number of aliphatic hydroxyl groups is 2. The SMILES string of the molecule is O=C1OC(=O)C(O)(OC(=O)C(F)(F)F)C1O. The van der Waals surface area contributed by atoms with Crippen molar-refractivity contribution in [3.63, 3.8) is 0 Å². The van der Waals surface area contributed by atoms with Gasteiger partial charge in [-0.1, -0.05) is 0 Å². The summed E-state index contributed by atoms with van der Waals surface area (Å²) in [6.45, 7) is 0. The van der Waals surface area contributed by atoms with E-state index in [0.717, 1.165) is 0 Å². The Labute approximate surface area is 84.4 Å². The molecule has 1 aliphatic rings. The molecule has 0 radical (unpaired) electrons. The molecule has 10 heteroatoms. The Balaban J connectivity index is 2.92. The van der Waals surface area contributed by atoms with E-state index in [-0.39, 0.29) is 0 Å². The summed E-state index contributed by atoms with van der Waals surface area (Å²) in [5.41, 5.74) is 0. The predicted molar refractivity (Wildman–Crippen MR) is 34.2 cm³/mol. The molecule has 1 rings (SSSR count). The third-order valence-electron chi connectivity index (χ3n) is 1.56. The molecular formula is C6H3F3O7. The van der Waals surface area contributed by atoms with Crippen LogP contribution in [0.5, 0.6) is 0 Å². The minimum Gasteiger partial charge on any atom is -0.412 e. The van der Waals surface area contributed by atoms with Crippen LogP contribution in [0.3, 0.4) is 0 Å². The van der Waals surface area contributed by atoms with Gasteiger partial charge in [0.15, 0.2) is 0 Å². The molecule has 0 aromatic carbocycles. The van der Waals surface area contributed by atoms with E-state index in [9.17, 15) is 27.6 Å². The zero-order valence-electron chi connectivity index (χ0n) is 7.15. The van der Waals surface area contributed by atoms with Gasteiger partial charge in [-0.3, -0.25) is 0 Å². The van der Waals surface area contributed by atoms with E-state index in [1.807, 2.05) is 0 Å². The van der Waals surface area contributed by atoms with Crippen LogP contribution in [-0.4, -0.2) is 46.2 Å². The average Bonchev–Trinajstić information content (AvgIpc) is 2.29. The summed E-state index contributed by atoms with van der Waals surface area (Å²) in [4.78, 5) is 31.5. The first-order valence-electron chi connectivity index (χ1n) is 3.55. The maximum atomic E-state index is 11.7. The van der Waals surface area contributed by atoms with Crippen LogP contribution in [0.1, 0.15) is 0 Å². The number of hydrogen-bond acceptors (Lipinski definition) is 7. The van der Waals surface area contributed by atoms with Crippen molar-refractivity contribution in [3.05, 3.63) is 0 Å². The highest BCUT2D eigenvalue weighted by molar-refractivity contribution is 6.02. The van der Waals surface area contributed by atoms with Crippen molar-refractivity contribution in [2.75, 3.05) is 0 Å². The van der Waals surface area contributed by atoms with E-state index in [0.29, 0.717) is 0 Å². The molecule has 2 N–H and O–H groups in total. The van der Waals surface area contributed by atoms with Crippen LogP contribution in [0.25, 0.3) is 0 Å². The molecule has 1 aliphatic heterocycles. The van der Waals surface area contributed by atoms with Crippen molar-refractivity contribution in [1.29, 1.82) is 0 Å². The van der Waals surface area contributed by atoms with Gasteiger partial charge in [0, 0.05) is 0 Å². The van der Waals surface area contributed by atoms with Crippen LogP contribution in [0.4, 0.5) is 13.2 Å². The molecule has 0 aliphatic carbocycles. The molecule has 1 saturated heterocycles. The average molecular weight is 244 g/mol. The number of aliphatic hydroxyl groups excluding tert-OH is 1. The predicted octanol–water partition coefficient (Wildman–Crippen LogP) is -1.78. The summed E-state index contributed by atoms with van der Waals surface area (Å²) in [5, 5.41) is 17.9. The molecule has 0 amide bonds. The van der Waals surface area contributed by atoms with Crippen LogP contribution in [0.15, 0.2) is 0 Å². The Morgan fingerprint density at radius 2 is 1.94 bits per heavy atom. The Morgan fingerprint density at radius 1 is 1.44 bits per heavy atom. The van der Waals surface area contributed by atoms with Gasteiger partial charge in [0.1, 0.15) is 0 Å². The number of rotatable bonds is 1. The molecule has 0 spiro atoms. The van der Waals surface area contributed by atoms with Crippen LogP contribution in [0.2, 0.25) is 0 Å². The van der Waals surface area contributed by atoms with E-state index in [4.69, 9.17) is 10.2 Å². The molecule has 0 bridgehead atoms. The van der Waals surface area contributed by atoms with Gasteiger partial charge < -0.3 is 19.7 Å². The first-order chi connectivity index (χ1) is 7.09. The second-order valence-corrected chi connectivity index (χ2v) is 2.69. The lowest BCUT2D eigenvalue weighted by Gasteiger charge is -2.20. The van der Waals surface area contributed by atoms with Crippen molar-refractivity contribution in [2.45, 2.75) is 18.1 Å². The smallest absolute Gasteiger partial charge is 0.412 e. The molecule has 1 heterocycles. The lowest BCUT2D eigenvalue weighted by atomic mass is 10.2. The van der Waals surface area contributed by atoms with E-state index in [2.05, 4.69) is 9.47 Å². The molecule has 0 aromatic rings. The quantitative estimate of drug-likeness (QED) is 0.319. The third-order valence-corrected chi connectivity index (χ3v) is 1.56. The fraction of sp³-hybridized carbons (Fsp3) is 0.500. The first kappa shape index (κ1) is 12.4. The largest absolute Gasteiger partial charge is 0.491 e. The summed E-state index contributed by atoms with van der Waals surface area (Å²) >= 11 is 0. The highest BCUT2D eigenvalue weighted by atomic mass is 19.4. The normalized spacial score (nSPS) is 30.2. The maximum absolute atomic E-state index is 11.7. The summed E-state index contributed by atoms with van der Waals surface area (Å²) in [7, 11) is 0. The van der Waals surface area contributed by atoms with Crippen molar-refractivity contribution >= 4 is 17.9 Å². The second-order valence-electron chi connectivity index (χ2n) is 2.69. The molecule has 2 atom stereocenters. The van der Waals surface area contributed by atoms with Crippen LogP contribution in [-0.2, 0) is 23.9 Å². The van der Waals surface area contributed by atoms with Gasteiger partial charge in [-0.15, -0.1) is 0 Å². The first-order valence-corrected chi connectivity index (χ1v) is 3.55. The van der Waals surface area contributed by atoms with Crippen LogP contribution in [0, 0.1) is 0 Å². The van der Waals surface area contributed by atoms with Crippen molar-refractivity contribution < 1.29 is 47.2 Å². The number of carbonyl (C=O) groups excluding carboxylic acids is 3. The molecule has 0 saturated carbocycles. The molecule has 0 aromatic heterocycles. The van der Waals surface area contributed by atoms with Gasteiger partial charge >= 0.3 is 29.9 Å². The zero-order chi connectivity index (χ0) is 12.7. The Kier molecular flexibility index (Phi) is 2.65. The van der Waals surface area contributed by atoms with Gasteiger partial charge in [-0.25, -0.2) is 14.4 Å². The van der Waals surface area contributed by atoms with E-state index in [1.54, 1.807) is 0 Å². The number of cyclic esters (lactones) is 2. The summed E-state index contributed by atoms with van der Waals surface area (Å²) in [6.07, 6.45) is -8.22. The number of ether oxygens (including phenoxy) is 2. The Morgan fingerprint density at radius 3 is 2.25 bits per heavy atom. The third kappa shape index (κ3) is 1.84. The number of alkyl halides is 3. The standard InChI is InChI=1S/C6H3F3O7/c7-6(8,9)4(13)16-5(14)1(10)2(11)15-3(5)12/h1,10,14H. The maximum Gasteiger partial charge on any atom is 0.491 e. The minimum atomic E-state index is -5.50. The zero-order valence-corrected chi connectivity index (χ0v) is 7.15. The van der Waals surface area contributed by atoms with Crippen LogP contribution < -0.4 is 0 Å². The molecule has 7 nitrogen and oxygen atoms in total. The highest BCUT2D eigenvalue weighted by Crippen LogP contribution is 2.27. The minimum absolute atomic E-state index is 1.72.